The maximum absolute atomic E-state index is 10.8. The highest BCUT2D eigenvalue weighted by Crippen LogP contribution is 2.37. The fourth-order valence-corrected chi connectivity index (χ4v) is 2.99. The van der Waals surface area contributed by atoms with Crippen molar-refractivity contribution in [3.63, 3.8) is 0 Å². The van der Waals surface area contributed by atoms with Gasteiger partial charge in [-0.1, -0.05) is 13.3 Å². The fourth-order valence-electron chi connectivity index (χ4n) is 1.96. The summed E-state index contributed by atoms with van der Waals surface area (Å²) in [6, 6.07) is 5.17. The third-order valence-corrected chi connectivity index (χ3v) is 3.94. The van der Waals surface area contributed by atoms with Crippen LogP contribution in [0.4, 0.5) is 11.4 Å². The molecule has 1 aromatic rings. The number of hydrogen-bond donors (Lipinski definition) is 0. The van der Waals surface area contributed by atoms with E-state index in [1.165, 1.54) is 0 Å². The Kier molecular flexibility index (Phi) is 3.89. The molecular weight excluding hydrogens is 236 g/mol. The van der Waals surface area contributed by atoms with Crippen LogP contribution in [0, 0.1) is 10.1 Å². The van der Waals surface area contributed by atoms with Gasteiger partial charge >= 0.3 is 0 Å². The van der Waals surface area contributed by atoms with Crippen LogP contribution in [0.25, 0.3) is 0 Å². The molecule has 0 bridgehead atoms. The second-order valence-corrected chi connectivity index (χ2v) is 5.23. The second-order valence-electron chi connectivity index (χ2n) is 4.10. The maximum atomic E-state index is 10.8. The molecule has 0 radical (unpaired) electrons. The Morgan fingerprint density at radius 1 is 1.53 bits per heavy atom. The Hall–Kier alpha value is -1.23. The molecule has 4 nitrogen and oxygen atoms in total. The van der Waals surface area contributed by atoms with Gasteiger partial charge in [0.15, 0.2) is 0 Å². The van der Waals surface area contributed by atoms with Crippen molar-refractivity contribution in [1.82, 2.24) is 0 Å². The molecule has 0 aliphatic carbocycles. The molecule has 1 aliphatic rings. The molecule has 0 atom stereocenters. The molecule has 1 heterocycles. The van der Waals surface area contributed by atoms with Crippen LogP contribution in [-0.4, -0.2) is 23.8 Å². The topological polar surface area (TPSA) is 46.4 Å². The van der Waals surface area contributed by atoms with E-state index in [1.807, 2.05) is 6.07 Å². The van der Waals surface area contributed by atoms with Gasteiger partial charge in [0.25, 0.3) is 5.69 Å². The highest BCUT2D eigenvalue weighted by molar-refractivity contribution is 7.99. The number of benzene rings is 1. The van der Waals surface area contributed by atoms with E-state index in [-0.39, 0.29) is 10.6 Å². The van der Waals surface area contributed by atoms with E-state index in [1.54, 1.807) is 23.9 Å². The lowest BCUT2D eigenvalue weighted by molar-refractivity contribution is -0.384. The lowest BCUT2D eigenvalue weighted by atomic mass is 10.2. The predicted molar refractivity (Wildman–Crippen MR) is 70.9 cm³/mol. The molecule has 5 heteroatoms. The van der Waals surface area contributed by atoms with Crippen LogP contribution in [0.2, 0.25) is 0 Å². The van der Waals surface area contributed by atoms with Crippen LogP contribution in [0.5, 0.6) is 0 Å². The van der Waals surface area contributed by atoms with Crippen LogP contribution in [0.1, 0.15) is 19.8 Å². The number of non-ortho nitro benzene ring substituents is 1. The molecule has 1 aromatic carbocycles. The summed E-state index contributed by atoms with van der Waals surface area (Å²) < 4.78 is 0. The van der Waals surface area contributed by atoms with Crippen molar-refractivity contribution in [3.8, 4) is 0 Å². The Labute approximate surface area is 105 Å². The summed E-state index contributed by atoms with van der Waals surface area (Å²) in [5.41, 5.74) is 1.22. The summed E-state index contributed by atoms with van der Waals surface area (Å²) in [5, 5.41) is 10.8. The zero-order valence-electron chi connectivity index (χ0n) is 9.89. The van der Waals surface area contributed by atoms with Crippen LogP contribution >= 0.6 is 11.8 Å². The van der Waals surface area contributed by atoms with Crippen molar-refractivity contribution in [2.45, 2.75) is 24.7 Å². The van der Waals surface area contributed by atoms with Crippen LogP contribution in [0.15, 0.2) is 23.1 Å². The van der Waals surface area contributed by atoms with Gasteiger partial charge in [0, 0.05) is 35.9 Å². The number of nitrogens with zero attached hydrogens (tertiary/aromatic N) is 2. The number of anilines is 1. The quantitative estimate of drug-likeness (QED) is 0.609. The standard InChI is InChI=1S/C12H16N2O2S/c1-2-3-6-13-7-8-17-12-5-4-10(14(15)16)9-11(12)13/h4-5,9H,2-3,6-8H2,1H3. The summed E-state index contributed by atoms with van der Waals surface area (Å²) in [5.74, 6) is 1.06. The lowest BCUT2D eigenvalue weighted by Gasteiger charge is -2.30. The molecule has 92 valence electrons. The van der Waals surface area contributed by atoms with Gasteiger partial charge in [-0.25, -0.2) is 0 Å². The van der Waals surface area contributed by atoms with Crippen LogP contribution in [0.3, 0.4) is 0 Å². The lowest BCUT2D eigenvalue weighted by Crippen LogP contribution is -2.30. The molecule has 0 amide bonds. The molecule has 17 heavy (non-hydrogen) atoms. The van der Waals surface area contributed by atoms with Crippen molar-refractivity contribution >= 4 is 23.1 Å². The van der Waals surface area contributed by atoms with E-state index in [4.69, 9.17) is 0 Å². The average molecular weight is 252 g/mol. The number of nitro groups is 1. The van der Waals surface area contributed by atoms with E-state index >= 15 is 0 Å². The Morgan fingerprint density at radius 2 is 2.35 bits per heavy atom. The highest BCUT2D eigenvalue weighted by Gasteiger charge is 2.19. The number of hydrogen-bond acceptors (Lipinski definition) is 4. The summed E-state index contributed by atoms with van der Waals surface area (Å²) in [6.07, 6.45) is 2.28. The first-order valence-corrected chi connectivity index (χ1v) is 6.87. The largest absolute Gasteiger partial charge is 0.370 e. The smallest absolute Gasteiger partial charge is 0.271 e. The van der Waals surface area contributed by atoms with Gasteiger partial charge in [0.05, 0.1) is 10.6 Å². The van der Waals surface area contributed by atoms with Crippen molar-refractivity contribution in [1.29, 1.82) is 0 Å². The average Bonchev–Trinajstić information content (AvgIpc) is 2.35. The summed E-state index contributed by atoms with van der Waals surface area (Å²) in [7, 11) is 0. The molecule has 0 fully saturated rings. The number of thioether (sulfide) groups is 1. The molecule has 0 aromatic heterocycles. The van der Waals surface area contributed by atoms with E-state index in [9.17, 15) is 10.1 Å². The van der Waals surface area contributed by atoms with Crippen molar-refractivity contribution in [2.24, 2.45) is 0 Å². The number of unbranched alkanes of at least 4 members (excludes halogenated alkanes) is 1. The summed E-state index contributed by atoms with van der Waals surface area (Å²) in [6.45, 7) is 4.14. The molecule has 0 unspecified atom stereocenters. The fraction of sp³-hybridized carbons (Fsp3) is 0.500. The van der Waals surface area contributed by atoms with Gasteiger partial charge in [-0.05, 0) is 12.5 Å². The van der Waals surface area contributed by atoms with E-state index in [0.29, 0.717) is 0 Å². The zero-order valence-corrected chi connectivity index (χ0v) is 10.7. The van der Waals surface area contributed by atoms with Crippen molar-refractivity contribution < 1.29 is 4.92 Å². The number of nitro benzene ring substituents is 1. The maximum Gasteiger partial charge on any atom is 0.271 e. The molecular formula is C12H16N2O2S. The summed E-state index contributed by atoms with van der Waals surface area (Å²) in [4.78, 5) is 13.9. The first-order valence-electron chi connectivity index (χ1n) is 5.88. The van der Waals surface area contributed by atoms with Gasteiger partial charge in [-0.2, -0.15) is 0 Å². The highest BCUT2D eigenvalue weighted by atomic mass is 32.2. The first-order chi connectivity index (χ1) is 8.22. The monoisotopic (exact) mass is 252 g/mol. The third-order valence-electron chi connectivity index (χ3n) is 2.89. The Bertz CT molecular complexity index is 423. The van der Waals surface area contributed by atoms with E-state index in [2.05, 4.69) is 11.8 Å². The van der Waals surface area contributed by atoms with Crippen molar-refractivity contribution in [3.05, 3.63) is 28.3 Å². The summed E-state index contributed by atoms with van der Waals surface area (Å²) >= 11 is 1.78. The minimum atomic E-state index is -0.322. The second kappa shape index (κ2) is 5.40. The molecule has 1 aliphatic heterocycles. The Morgan fingerprint density at radius 3 is 3.06 bits per heavy atom. The van der Waals surface area contributed by atoms with E-state index < -0.39 is 0 Å². The normalized spacial score (nSPS) is 14.5. The molecule has 0 saturated carbocycles. The zero-order chi connectivity index (χ0) is 12.3. The van der Waals surface area contributed by atoms with Crippen LogP contribution in [-0.2, 0) is 0 Å². The molecule has 0 saturated heterocycles. The minimum absolute atomic E-state index is 0.188. The predicted octanol–water partition coefficient (Wildman–Crippen LogP) is 3.31. The SMILES string of the molecule is CCCCN1CCSc2ccc([N+](=O)[O-])cc21. The van der Waals surface area contributed by atoms with Gasteiger partial charge in [0.2, 0.25) is 0 Å². The number of rotatable bonds is 4. The van der Waals surface area contributed by atoms with Gasteiger partial charge in [-0.15, -0.1) is 11.8 Å². The number of fused-ring (bicyclic) bond motifs is 1. The molecule has 2 rings (SSSR count). The first kappa shape index (κ1) is 12.2. The van der Waals surface area contributed by atoms with Gasteiger partial charge < -0.3 is 4.90 Å². The Balaban J connectivity index is 2.27. The minimum Gasteiger partial charge on any atom is -0.370 e. The van der Waals surface area contributed by atoms with Gasteiger partial charge in [0.1, 0.15) is 0 Å². The third kappa shape index (κ3) is 2.72. The van der Waals surface area contributed by atoms with Crippen LogP contribution < -0.4 is 4.90 Å². The molecule has 0 N–H and O–H groups in total. The van der Waals surface area contributed by atoms with Gasteiger partial charge in [-0.3, -0.25) is 10.1 Å². The van der Waals surface area contributed by atoms with Crippen molar-refractivity contribution in [2.75, 3.05) is 23.7 Å². The molecule has 0 spiro atoms. The van der Waals surface area contributed by atoms with E-state index in [0.717, 1.165) is 42.3 Å².